The lowest BCUT2D eigenvalue weighted by Crippen LogP contribution is -2.53. The molecule has 8 heteroatoms. The fraction of sp³-hybridized carbons (Fsp3) is 0.385. The van der Waals surface area contributed by atoms with Crippen LogP contribution in [-0.2, 0) is 15.8 Å². The van der Waals surface area contributed by atoms with E-state index in [1.54, 1.807) is 0 Å². The minimum absolute atomic E-state index is 0.0269. The number of anilines is 1. The molecule has 1 N–H and O–H groups in total. The van der Waals surface area contributed by atoms with Crippen molar-refractivity contribution in [3.05, 3.63) is 28.8 Å². The van der Waals surface area contributed by atoms with Gasteiger partial charge in [-0.15, -0.1) is 0 Å². The van der Waals surface area contributed by atoms with Crippen molar-refractivity contribution in [2.75, 3.05) is 18.4 Å². The molecular formula is C13H12ClF3N2O2. The molecule has 1 aliphatic heterocycles. The quantitative estimate of drug-likeness (QED) is 0.911. The Labute approximate surface area is 123 Å². The van der Waals surface area contributed by atoms with E-state index in [1.807, 2.05) is 0 Å². The van der Waals surface area contributed by atoms with Crippen LogP contribution in [0.3, 0.4) is 0 Å². The highest BCUT2D eigenvalue weighted by molar-refractivity contribution is 6.33. The Balaban J connectivity index is 2.06. The minimum Gasteiger partial charge on any atom is -0.341 e. The molecule has 0 radical (unpaired) electrons. The Kier molecular flexibility index (Phi) is 4.13. The Bertz CT molecular complexity index is 583. The summed E-state index contributed by atoms with van der Waals surface area (Å²) in [6, 6.07) is 2.73. The van der Waals surface area contributed by atoms with Crippen molar-refractivity contribution in [2.45, 2.75) is 13.1 Å². The number of benzene rings is 1. The van der Waals surface area contributed by atoms with Crippen LogP contribution >= 0.6 is 11.6 Å². The second kappa shape index (κ2) is 5.55. The maximum absolute atomic E-state index is 12.6. The summed E-state index contributed by atoms with van der Waals surface area (Å²) in [5.41, 5.74) is -0.973. The highest BCUT2D eigenvalue weighted by Gasteiger charge is 2.35. The molecule has 1 heterocycles. The van der Waals surface area contributed by atoms with Gasteiger partial charge in [0.1, 0.15) is 0 Å². The highest BCUT2D eigenvalue weighted by Crippen LogP contribution is 2.34. The monoisotopic (exact) mass is 320 g/mol. The highest BCUT2D eigenvalue weighted by atomic mass is 35.5. The molecule has 0 aliphatic carbocycles. The maximum atomic E-state index is 12.6. The van der Waals surface area contributed by atoms with E-state index in [-0.39, 0.29) is 29.7 Å². The van der Waals surface area contributed by atoms with Crippen LogP contribution in [0.15, 0.2) is 18.2 Å². The Morgan fingerprint density at radius 3 is 2.48 bits per heavy atom. The molecule has 0 aromatic heterocycles. The Morgan fingerprint density at radius 1 is 1.33 bits per heavy atom. The molecule has 1 aliphatic rings. The van der Waals surface area contributed by atoms with Gasteiger partial charge in [0.05, 0.1) is 22.2 Å². The zero-order valence-corrected chi connectivity index (χ0v) is 11.8. The molecule has 0 spiro atoms. The molecule has 1 aromatic rings. The standard InChI is InChI=1S/C13H12ClF3N2O2/c1-7(20)19-5-8(6-19)12(21)18-11-4-9(13(15,16)17)2-3-10(11)14/h2-4,8H,5-6H2,1H3,(H,18,21). The van der Waals surface area contributed by atoms with Crippen LogP contribution in [0.2, 0.25) is 5.02 Å². The van der Waals surface area contributed by atoms with Crippen LogP contribution in [-0.4, -0.2) is 29.8 Å². The molecule has 0 saturated carbocycles. The van der Waals surface area contributed by atoms with Gasteiger partial charge in [0.2, 0.25) is 11.8 Å². The van der Waals surface area contributed by atoms with Gasteiger partial charge >= 0.3 is 6.18 Å². The molecule has 1 fully saturated rings. The molecule has 21 heavy (non-hydrogen) atoms. The number of rotatable bonds is 2. The van der Waals surface area contributed by atoms with Crippen molar-refractivity contribution < 1.29 is 22.8 Å². The molecule has 0 atom stereocenters. The van der Waals surface area contributed by atoms with E-state index in [0.29, 0.717) is 0 Å². The number of amides is 2. The molecule has 0 bridgehead atoms. The number of hydrogen-bond donors (Lipinski definition) is 1. The number of likely N-dealkylation sites (tertiary alicyclic amines) is 1. The average molecular weight is 321 g/mol. The second-order valence-electron chi connectivity index (χ2n) is 4.80. The molecule has 4 nitrogen and oxygen atoms in total. The SMILES string of the molecule is CC(=O)N1CC(C(=O)Nc2cc(C(F)(F)F)ccc2Cl)C1. The summed E-state index contributed by atoms with van der Waals surface area (Å²) in [6.07, 6.45) is -4.51. The van der Waals surface area contributed by atoms with Crippen LogP contribution in [0.1, 0.15) is 12.5 Å². The molecule has 0 unspecified atom stereocenters. The first-order chi connectivity index (χ1) is 9.68. The fourth-order valence-electron chi connectivity index (χ4n) is 1.93. The molecular weight excluding hydrogens is 309 g/mol. The largest absolute Gasteiger partial charge is 0.416 e. The molecule has 2 amide bonds. The van der Waals surface area contributed by atoms with E-state index in [9.17, 15) is 22.8 Å². The second-order valence-corrected chi connectivity index (χ2v) is 5.21. The first kappa shape index (κ1) is 15.6. The zero-order valence-electron chi connectivity index (χ0n) is 11.0. The number of alkyl halides is 3. The zero-order chi connectivity index (χ0) is 15.8. The summed E-state index contributed by atoms with van der Waals surface area (Å²) >= 11 is 5.79. The summed E-state index contributed by atoms with van der Waals surface area (Å²) in [4.78, 5) is 24.4. The molecule has 114 valence electrons. The number of hydrogen-bond acceptors (Lipinski definition) is 2. The van der Waals surface area contributed by atoms with Crippen LogP contribution < -0.4 is 5.32 Å². The van der Waals surface area contributed by atoms with E-state index >= 15 is 0 Å². The minimum atomic E-state index is -4.51. The van der Waals surface area contributed by atoms with Crippen molar-refractivity contribution in [3.8, 4) is 0 Å². The summed E-state index contributed by atoms with van der Waals surface area (Å²) in [5, 5.41) is 2.40. The molecule has 1 aromatic carbocycles. The van der Waals surface area contributed by atoms with Crippen molar-refractivity contribution in [2.24, 2.45) is 5.92 Å². The van der Waals surface area contributed by atoms with Gasteiger partial charge < -0.3 is 10.2 Å². The van der Waals surface area contributed by atoms with Gasteiger partial charge in [-0.1, -0.05) is 11.6 Å². The summed E-state index contributed by atoms with van der Waals surface area (Å²) in [6.45, 7) is 1.91. The first-order valence-corrected chi connectivity index (χ1v) is 6.49. The third-order valence-corrected chi connectivity index (χ3v) is 3.58. The number of carbonyl (C=O) groups excluding carboxylic acids is 2. The molecule has 1 saturated heterocycles. The number of nitrogens with zero attached hydrogens (tertiary/aromatic N) is 1. The lowest BCUT2D eigenvalue weighted by Gasteiger charge is -2.37. The van der Waals surface area contributed by atoms with Gasteiger partial charge in [-0.2, -0.15) is 13.2 Å². The van der Waals surface area contributed by atoms with Gasteiger partial charge in [0.25, 0.3) is 0 Å². The third-order valence-electron chi connectivity index (χ3n) is 3.25. The Hall–Kier alpha value is -1.76. The predicted molar refractivity (Wildman–Crippen MR) is 70.8 cm³/mol. The van der Waals surface area contributed by atoms with E-state index in [2.05, 4.69) is 5.32 Å². The maximum Gasteiger partial charge on any atom is 0.416 e. The number of nitrogens with one attached hydrogen (secondary N) is 1. The number of halogens is 4. The number of carbonyl (C=O) groups is 2. The normalized spacial score (nSPS) is 15.6. The van der Waals surface area contributed by atoms with E-state index < -0.39 is 23.6 Å². The van der Waals surface area contributed by atoms with Crippen molar-refractivity contribution in [3.63, 3.8) is 0 Å². The van der Waals surface area contributed by atoms with Gasteiger partial charge in [-0.3, -0.25) is 9.59 Å². The van der Waals surface area contributed by atoms with Crippen LogP contribution in [0, 0.1) is 5.92 Å². The third kappa shape index (κ3) is 3.47. The van der Waals surface area contributed by atoms with Crippen LogP contribution in [0.4, 0.5) is 18.9 Å². The predicted octanol–water partition coefficient (Wildman–Crippen LogP) is 2.78. The smallest absolute Gasteiger partial charge is 0.341 e. The van der Waals surface area contributed by atoms with Gasteiger partial charge in [0, 0.05) is 20.0 Å². The summed E-state index contributed by atoms with van der Waals surface area (Å²) in [5.74, 6) is -1.02. The van der Waals surface area contributed by atoms with Crippen molar-refractivity contribution >= 4 is 29.1 Å². The van der Waals surface area contributed by atoms with E-state index in [0.717, 1.165) is 18.2 Å². The lowest BCUT2D eigenvalue weighted by molar-refractivity contribution is -0.140. The summed E-state index contributed by atoms with van der Waals surface area (Å²) < 4.78 is 37.8. The summed E-state index contributed by atoms with van der Waals surface area (Å²) in [7, 11) is 0. The average Bonchev–Trinajstić information content (AvgIpc) is 2.27. The topological polar surface area (TPSA) is 49.4 Å². The van der Waals surface area contributed by atoms with Crippen molar-refractivity contribution in [1.82, 2.24) is 4.90 Å². The van der Waals surface area contributed by atoms with Gasteiger partial charge in [0.15, 0.2) is 0 Å². The Morgan fingerprint density at radius 2 is 1.95 bits per heavy atom. The van der Waals surface area contributed by atoms with Crippen LogP contribution in [0.25, 0.3) is 0 Å². The van der Waals surface area contributed by atoms with E-state index in [1.165, 1.54) is 11.8 Å². The van der Waals surface area contributed by atoms with Gasteiger partial charge in [-0.05, 0) is 18.2 Å². The van der Waals surface area contributed by atoms with Crippen molar-refractivity contribution in [1.29, 1.82) is 0 Å². The van der Waals surface area contributed by atoms with Gasteiger partial charge in [-0.25, -0.2) is 0 Å². The lowest BCUT2D eigenvalue weighted by atomic mass is 9.99. The van der Waals surface area contributed by atoms with Crippen LogP contribution in [0.5, 0.6) is 0 Å². The molecule has 2 rings (SSSR count). The van der Waals surface area contributed by atoms with E-state index in [4.69, 9.17) is 11.6 Å². The first-order valence-electron chi connectivity index (χ1n) is 6.11. The fourth-order valence-corrected chi connectivity index (χ4v) is 2.10.